The maximum Gasteiger partial charge on any atom is 0.0576 e. The first-order valence-corrected chi connectivity index (χ1v) is 7.76. The third-order valence-corrected chi connectivity index (χ3v) is 4.39. The van der Waals surface area contributed by atoms with Gasteiger partial charge in [0, 0.05) is 0 Å². The monoisotopic (exact) mass is 265 g/mol. The minimum absolute atomic E-state index is 0.302. The summed E-state index contributed by atoms with van der Waals surface area (Å²) in [5.41, 5.74) is 4.22. The molecule has 1 aliphatic rings. The summed E-state index contributed by atoms with van der Waals surface area (Å²) in [6.45, 7) is 3.14. The zero-order valence-corrected chi connectivity index (χ0v) is 12.2. The summed E-state index contributed by atoms with van der Waals surface area (Å²) in [5.74, 6) is 0.818. The van der Waals surface area contributed by atoms with E-state index in [0.717, 1.165) is 12.5 Å². The quantitative estimate of drug-likeness (QED) is 0.829. The molecular formula is C19H23N. The number of hydrogen-bond donors (Lipinski definition) is 1. The molecule has 0 saturated heterocycles. The second kappa shape index (κ2) is 6.23. The second-order valence-electron chi connectivity index (χ2n) is 5.70. The largest absolute Gasteiger partial charge is 0.307 e. The van der Waals surface area contributed by atoms with Crippen LogP contribution in [0.3, 0.4) is 0 Å². The van der Waals surface area contributed by atoms with Crippen LogP contribution in [-0.4, -0.2) is 6.54 Å². The van der Waals surface area contributed by atoms with E-state index in [1.807, 2.05) is 0 Å². The van der Waals surface area contributed by atoms with Crippen LogP contribution in [0.4, 0.5) is 0 Å². The molecular weight excluding hydrogens is 242 g/mol. The van der Waals surface area contributed by atoms with Crippen LogP contribution in [0.25, 0.3) is 0 Å². The SMILES string of the molecule is CCNC(c1ccccc1)c1ccc(C2CCC2)cc1. The van der Waals surface area contributed by atoms with Crippen molar-refractivity contribution in [2.75, 3.05) is 6.54 Å². The van der Waals surface area contributed by atoms with Crippen molar-refractivity contribution in [3.63, 3.8) is 0 Å². The Balaban J connectivity index is 1.83. The first-order valence-electron chi connectivity index (χ1n) is 7.76. The normalized spacial score (nSPS) is 16.6. The van der Waals surface area contributed by atoms with E-state index in [-0.39, 0.29) is 0 Å². The Hall–Kier alpha value is -1.60. The van der Waals surface area contributed by atoms with Gasteiger partial charge in [-0.3, -0.25) is 0 Å². The minimum atomic E-state index is 0.302. The summed E-state index contributed by atoms with van der Waals surface area (Å²) < 4.78 is 0. The highest BCUT2D eigenvalue weighted by atomic mass is 14.9. The number of nitrogens with one attached hydrogen (secondary N) is 1. The molecule has 2 aromatic rings. The molecule has 1 saturated carbocycles. The first kappa shape index (κ1) is 13.4. The lowest BCUT2D eigenvalue weighted by Gasteiger charge is -2.26. The summed E-state index contributed by atoms with van der Waals surface area (Å²) in [6.07, 6.45) is 4.14. The standard InChI is InChI=1S/C19H23N/c1-2-20-19(17-7-4-3-5-8-17)18-13-11-16(12-14-18)15-9-6-10-15/h3-5,7-8,11-15,19-20H,2,6,9-10H2,1H3. The van der Waals surface area contributed by atoms with Crippen molar-refractivity contribution in [2.24, 2.45) is 0 Å². The van der Waals surface area contributed by atoms with E-state index >= 15 is 0 Å². The van der Waals surface area contributed by atoms with Gasteiger partial charge in [-0.15, -0.1) is 0 Å². The Morgan fingerprint density at radius 3 is 2.15 bits per heavy atom. The summed E-state index contributed by atoms with van der Waals surface area (Å²) in [5, 5.41) is 3.59. The zero-order valence-electron chi connectivity index (χ0n) is 12.2. The lowest BCUT2D eigenvalue weighted by molar-refractivity contribution is 0.419. The molecule has 2 aromatic carbocycles. The topological polar surface area (TPSA) is 12.0 Å². The molecule has 1 aliphatic carbocycles. The van der Waals surface area contributed by atoms with Crippen molar-refractivity contribution in [1.29, 1.82) is 0 Å². The van der Waals surface area contributed by atoms with Gasteiger partial charge in [0.1, 0.15) is 0 Å². The maximum atomic E-state index is 3.59. The molecule has 0 aliphatic heterocycles. The van der Waals surface area contributed by atoms with E-state index in [1.165, 1.54) is 36.0 Å². The van der Waals surface area contributed by atoms with Gasteiger partial charge >= 0.3 is 0 Å². The molecule has 1 nitrogen and oxygen atoms in total. The van der Waals surface area contributed by atoms with Crippen molar-refractivity contribution < 1.29 is 0 Å². The van der Waals surface area contributed by atoms with Crippen LogP contribution in [0.2, 0.25) is 0 Å². The van der Waals surface area contributed by atoms with Gasteiger partial charge in [-0.1, -0.05) is 67.9 Å². The van der Waals surface area contributed by atoms with Gasteiger partial charge in [-0.25, -0.2) is 0 Å². The molecule has 0 heterocycles. The lowest BCUT2D eigenvalue weighted by atomic mass is 9.79. The van der Waals surface area contributed by atoms with Crippen LogP contribution in [-0.2, 0) is 0 Å². The Bertz CT molecular complexity index is 525. The van der Waals surface area contributed by atoms with Crippen LogP contribution < -0.4 is 5.32 Å². The predicted octanol–water partition coefficient (Wildman–Crippen LogP) is 4.65. The van der Waals surface area contributed by atoms with E-state index in [4.69, 9.17) is 0 Å². The van der Waals surface area contributed by atoms with Crippen molar-refractivity contribution in [2.45, 2.75) is 38.1 Å². The summed E-state index contributed by atoms with van der Waals surface area (Å²) >= 11 is 0. The Morgan fingerprint density at radius 1 is 0.950 bits per heavy atom. The number of rotatable bonds is 5. The van der Waals surface area contributed by atoms with Crippen LogP contribution in [0, 0.1) is 0 Å². The average Bonchev–Trinajstić information content (AvgIpc) is 2.45. The van der Waals surface area contributed by atoms with Gasteiger partial charge in [-0.05, 0) is 42.0 Å². The third kappa shape index (κ3) is 2.78. The van der Waals surface area contributed by atoms with Gasteiger partial charge in [-0.2, -0.15) is 0 Å². The fourth-order valence-corrected chi connectivity index (χ4v) is 2.98. The third-order valence-electron chi connectivity index (χ3n) is 4.39. The van der Waals surface area contributed by atoms with Gasteiger partial charge in [0.25, 0.3) is 0 Å². The maximum absolute atomic E-state index is 3.59. The smallest absolute Gasteiger partial charge is 0.0576 e. The van der Waals surface area contributed by atoms with E-state index in [0.29, 0.717) is 6.04 Å². The van der Waals surface area contributed by atoms with Gasteiger partial charge in [0.15, 0.2) is 0 Å². The zero-order chi connectivity index (χ0) is 13.8. The molecule has 1 atom stereocenters. The highest BCUT2D eigenvalue weighted by Crippen LogP contribution is 2.36. The van der Waals surface area contributed by atoms with Crippen molar-refractivity contribution in [1.82, 2.24) is 5.32 Å². The van der Waals surface area contributed by atoms with E-state index in [9.17, 15) is 0 Å². The van der Waals surface area contributed by atoms with Gasteiger partial charge in [0.2, 0.25) is 0 Å². The fraction of sp³-hybridized carbons (Fsp3) is 0.368. The Labute approximate surface area is 122 Å². The van der Waals surface area contributed by atoms with Crippen LogP contribution >= 0.6 is 0 Å². The van der Waals surface area contributed by atoms with Crippen molar-refractivity contribution in [3.05, 3.63) is 71.3 Å². The molecule has 1 fully saturated rings. The fourth-order valence-electron chi connectivity index (χ4n) is 2.98. The molecule has 104 valence electrons. The van der Waals surface area contributed by atoms with Crippen molar-refractivity contribution in [3.8, 4) is 0 Å². The summed E-state index contributed by atoms with van der Waals surface area (Å²) in [6, 6.07) is 20.3. The molecule has 0 aromatic heterocycles. The highest BCUT2D eigenvalue weighted by Gasteiger charge is 2.20. The van der Waals surface area contributed by atoms with Gasteiger partial charge in [0.05, 0.1) is 6.04 Å². The second-order valence-corrected chi connectivity index (χ2v) is 5.70. The van der Waals surface area contributed by atoms with Crippen LogP contribution in [0.15, 0.2) is 54.6 Å². The summed E-state index contributed by atoms with van der Waals surface area (Å²) in [7, 11) is 0. The molecule has 20 heavy (non-hydrogen) atoms. The van der Waals surface area contributed by atoms with Crippen molar-refractivity contribution >= 4 is 0 Å². The Kier molecular flexibility index (Phi) is 4.17. The summed E-state index contributed by atoms with van der Waals surface area (Å²) in [4.78, 5) is 0. The number of hydrogen-bond acceptors (Lipinski definition) is 1. The average molecular weight is 265 g/mol. The molecule has 0 bridgehead atoms. The molecule has 1 heteroatoms. The molecule has 1 unspecified atom stereocenters. The molecule has 3 rings (SSSR count). The molecule has 0 amide bonds. The first-order chi connectivity index (χ1) is 9.88. The molecule has 0 spiro atoms. The lowest BCUT2D eigenvalue weighted by Crippen LogP contribution is -2.22. The van der Waals surface area contributed by atoms with Crippen LogP contribution in [0.1, 0.15) is 54.8 Å². The van der Waals surface area contributed by atoms with Gasteiger partial charge < -0.3 is 5.32 Å². The minimum Gasteiger partial charge on any atom is -0.307 e. The number of benzene rings is 2. The molecule has 0 radical (unpaired) electrons. The van der Waals surface area contributed by atoms with E-state index in [1.54, 1.807) is 0 Å². The molecule has 1 N–H and O–H groups in total. The Morgan fingerprint density at radius 2 is 1.60 bits per heavy atom. The van der Waals surface area contributed by atoms with Crippen LogP contribution in [0.5, 0.6) is 0 Å². The predicted molar refractivity (Wildman–Crippen MR) is 85.0 cm³/mol. The van der Waals surface area contributed by atoms with E-state index in [2.05, 4.69) is 66.8 Å². The van der Waals surface area contributed by atoms with E-state index < -0.39 is 0 Å². The highest BCUT2D eigenvalue weighted by molar-refractivity contribution is 5.34.